The number of amides is 1. The van der Waals surface area contributed by atoms with Crippen LogP contribution in [0.1, 0.15) is 49.1 Å². The molecular weight excluding hydrogens is 236 g/mol. The molecule has 1 rings (SSSR count). The summed E-state index contributed by atoms with van der Waals surface area (Å²) in [5, 5.41) is 0. The minimum atomic E-state index is -0.367. The summed E-state index contributed by atoms with van der Waals surface area (Å²) in [6.07, 6.45) is 0. The molecular formula is C16H26N2O. The second-order valence-electron chi connectivity index (χ2n) is 6.54. The molecule has 0 aromatic heterocycles. The third-order valence-corrected chi connectivity index (χ3v) is 3.52. The molecule has 2 N–H and O–H groups in total. The lowest BCUT2D eigenvalue weighted by atomic mass is 9.82. The fourth-order valence-corrected chi connectivity index (χ4v) is 2.49. The van der Waals surface area contributed by atoms with Crippen LogP contribution in [-0.4, -0.2) is 24.9 Å². The Hall–Kier alpha value is -1.35. The van der Waals surface area contributed by atoms with Crippen LogP contribution in [0.3, 0.4) is 0 Å². The molecule has 3 heteroatoms. The first kappa shape index (κ1) is 15.7. The molecule has 106 valence electrons. The van der Waals surface area contributed by atoms with Gasteiger partial charge in [0.25, 0.3) is 0 Å². The number of rotatable bonds is 3. The smallest absolute Gasteiger partial charge is 0.239 e. The van der Waals surface area contributed by atoms with E-state index in [1.165, 1.54) is 5.56 Å². The van der Waals surface area contributed by atoms with Crippen LogP contribution in [0.25, 0.3) is 0 Å². The summed E-state index contributed by atoms with van der Waals surface area (Å²) in [5.41, 5.74) is 10.2. The van der Waals surface area contributed by atoms with Crippen LogP contribution in [0.5, 0.6) is 0 Å². The van der Waals surface area contributed by atoms with Crippen LogP contribution in [0.4, 0.5) is 0 Å². The SMILES string of the molecule is Cc1cc(C(C)(C)C)cc(C)c1C(C(N)=O)N(C)C. The number of hydrogen-bond donors (Lipinski definition) is 1. The van der Waals surface area contributed by atoms with Crippen molar-refractivity contribution in [3.8, 4) is 0 Å². The zero-order valence-corrected chi connectivity index (χ0v) is 13.2. The molecule has 3 nitrogen and oxygen atoms in total. The van der Waals surface area contributed by atoms with Gasteiger partial charge in [0.1, 0.15) is 6.04 Å². The second kappa shape index (κ2) is 5.33. The molecule has 0 saturated heterocycles. The molecule has 1 aromatic carbocycles. The summed E-state index contributed by atoms with van der Waals surface area (Å²) in [6.45, 7) is 10.7. The van der Waals surface area contributed by atoms with Crippen LogP contribution in [-0.2, 0) is 10.2 Å². The number of likely N-dealkylation sites (N-methyl/N-ethyl adjacent to an activating group) is 1. The molecule has 19 heavy (non-hydrogen) atoms. The van der Waals surface area contributed by atoms with E-state index in [1.54, 1.807) is 0 Å². The summed E-state index contributed by atoms with van der Waals surface area (Å²) in [5.74, 6) is -0.306. The summed E-state index contributed by atoms with van der Waals surface area (Å²) in [7, 11) is 3.76. The molecule has 1 atom stereocenters. The molecule has 1 aromatic rings. The summed E-state index contributed by atoms with van der Waals surface area (Å²) >= 11 is 0. The largest absolute Gasteiger partial charge is 0.368 e. The van der Waals surface area contributed by atoms with Gasteiger partial charge in [0.05, 0.1) is 0 Å². The van der Waals surface area contributed by atoms with E-state index in [2.05, 4.69) is 46.8 Å². The third kappa shape index (κ3) is 3.35. The fraction of sp³-hybridized carbons (Fsp3) is 0.562. The first-order valence-corrected chi connectivity index (χ1v) is 6.63. The van der Waals surface area contributed by atoms with Gasteiger partial charge in [-0.3, -0.25) is 9.69 Å². The van der Waals surface area contributed by atoms with Gasteiger partial charge in [-0.05, 0) is 55.6 Å². The van der Waals surface area contributed by atoms with Crippen LogP contribution < -0.4 is 5.73 Å². The number of nitrogens with two attached hydrogens (primary N) is 1. The summed E-state index contributed by atoms with van der Waals surface area (Å²) in [4.78, 5) is 13.6. The highest BCUT2D eigenvalue weighted by Gasteiger charge is 2.25. The average Bonchev–Trinajstić information content (AvgIpc) is 2.20. The van der Waals surface area contributed by atoms with Gasteiger partial charge in [-0.2, -0.15) is 0 Å². The van der Waals surface area contributed by atoms with Gasteiger partial charge in [0.15, 0.2) is 0 Å². The number of carbonyl (C=O) groups is 1. The normalized spacial score (nSPS) is 13.7. The van der Waals surface area contributed by atoms with Crippen molar-refractivity contribution in [2.75, 3.05) is 14.1 Å². The summed E-state index contributed by atoms with van der Waals surface area (Å²) in [6, 6.07) is 3.97. The van der Waals surface area contributed by atoms with E-state index in [9.17, 15) is 4.79 Å². The zero-order chi connectivity index (χ0) is 15.0. The van der Waals surface area contributed by atoms with E-state index in [-0.39, 0.29) is 17.4 Å². The van der Waals surface area contributed by atoms with Gasteiger partial charge in [-0.15, -0.1) is 0 Å². The average molecular weight is 262 g/mol. The van der Waals surface area contributed by atoms with Gasteiger partial charge in [-0.1, -0.05) is 32.9 Å². The maximum atomic E-state index is 11.7. The van der Waals surface area contributed by atoms with Crippen LogP contribution >= 0.6 is 0 Å². The Morgan fingerprint density at radius 1 is 1.16 bits per heavy atom. The Kier molecular flexibility index (Phi) is 4.41. The number of primary amides is 1. The van der Waals surface area contributed by atoms with E-state index in [1.807, 2.05) is 19.0 Å². The maximum Gasteiger partial charge on any atom is 0.239 e. The summed E-state index contributed by atoms with van der Waals surface area (Å²) < 4.78 is 0. The Morgan fingerprint density at radius 2 is 1.58 bits per heavy atom. The Bertz CT molecular complexity index is 461. The Morgan fingerprint density at radius 3 is 1.84 bits per heavy atom. The molecule has 0 fully saturated rings. The van der Waals surface area contributed by atoms with Crippen LogP contribution in [0, 0.1) is 13.8 Å². The first-order chi connectivity index (χ1) is 8.55. The molecule has 0 aliphatic heterocycles. The number of nitrogens with zero attached hydrogens (tertiary/aromatic N) is 1. The topological polar surface area (TPSA) is 46.3 Å². The van der Waals surface area contributed by atoms with Crippen molar-refractivity contribution in [2.45, 2.75) is 46.1 Å². The predicted octanol–water partition coefficient (Wildman–Crippen LogP) is 2.69. The lowest BCUT2D eigenvalue weighted by Gasteiger charge is -2.28. The third-order valence-electron chi connectivity index (χ3n) is 3.52. The standard InChI is InChI=1S/C16H26N2O/c1-10-8-12(16(3,4)5)9-11(2)13(10)14(15(17)19)18(6)7/h8-9,14H,1-7H3,(H2,17,19). The maximum absolute atomic E-state index is 11.7. The highest BCUT2D eigenvalue weighted by molar-refractivity contribution is 5.82. The molecule has 0 radical (unpaired) electrons. The highest BCUT2D eigenvalue weighted by atomic mass is 16.1. The van der Waals surface area contributed by atoms with Gasteiger partial charge in [0, 0.05) is 0 Å². The minimum Gasteiger partial charge on any atom is -0.368 e. The van der Waals surface area contributed by atoms with Gasteiger partial charge >= 0.3 is 0 Å². The predicted molar refractivity (Wildman–Crippen MR) is 80.2 cm³/mol. The van der Waals surface area contributed by atoms with Crippen molar-refractivity contribution in [1.29, 1.82) is 0 Å². The second-order valence-corrected chi connectivity index (χ2v) is 6.54. The van der Waals surface area contributed by atoms with E-state index < -0.39 is 0 Å². The Balaban J connectivity index is 3.43. The number of benzene rings is 1. The highest BCUT2D eigenvalue weighted by Crippen LogP contribution is 2.31. The molecule has 0 bridgehead atoms. The van der Waals surface area contributed by atoms with E-state index in [4.69, 9.17) is 5.73 Å². The van der Waals surface area contributed by atoms with Gasteiger partial charge in [0.2, 0.25) is 5.91 Å². The van der Waals surface area contributed by atoms with E-state index >= 15 is 0 Å². The van der Waals surface area contributed by atoms with Crippen molar-refractivity contribution >= 4 is 5.91 Å². The molecule has 0 aliphatic carbocycles. The number of aryl methyl sites for hydroxylation is 2. The molecule has 0 heterocycles. The lowest BCUT2D eigenvalue weighted by molar-refractivity contribution is -0.122. The molecule has 1 unspecified atom stereocenters. The van der Waals surface area contributed by atoms with Crippen molar-refractivity contribution in [2.24, 2.45) is 5.73 Å². The van der Waals surface area contributed by atoms with E-state index in [0.29, 0.717) is 0 Å². The van der Waals surface area contributed by atoms with E-state index in [0.717, 1.165) is 16.7 Å². The van der Waals surface area contributed by atoms with Crippen molar-refractivity contribution in [1.82, 2.24) is 4.90 Å². The van der Waals surface area contributed by atoms with Gasteiger partial charge < -0.3 is 5.73 Å². The van der Waals surface area contributed by atoms with Gasteiger partial charge in [-0.25, -0.2) is 0 Å². The molecule has 0 saturated carbocycles. The zero-order valence-electron chi connectivity index (χ0n) is 13.2. The number of hydrogen-bond acceptors (Lipinski definition) is 2. The first-order valence-electron chi connectivity index (χ1n) is 6.63. The van der Waals surface area contributed by atoms with Crippen molar-refractivity contribution < 1.29 is 4.79 Å². The molecule has 0 spiro atoms. The quantitative estimate of drug-likeness (QED) is 0.910. The molecule has 0 aliphatic rings. The lowest BCUT2D eigenvalue weighted by Crippen LogP contribution is -2.34. The minimum absolute atomic E-state index is 0.106. The van der Waals surface area contributed by atoms with Crippen molar-refractivity contribution in [3.05, 3.63) is 34.4 Å². The van der Waals surface area contributed by atoms with Crippen LogP contribution in [0.15, 0.2) is 12.1 Å². The van der Waals surface area contributed by atoms with Crippen LogP contribution in [0.2, 0.25) is 0 Å². The molecule has 1 amide bonds. The monoisotopic (exact) mass is 262 g/mol. The Labute approximate surface area is 116 Å². The van der Waals surface area contributed by atoms with Crippen molar-refractivity contribution in [3.63, 3.8) is 0 Å². The fourth-order valence-electron chi connectivity index (χ4n) is 2.49. The number of carbonyl (C=O) groups excluding carboxylic acids is 1.